The number of hydrogen-bond donors (Lipinski definition) is 3. The van der Waals surface area contributed by atoms with Crippen LogP contribution in [0.4, 0.5) is 5.69 Å². The fourth-order valence-corrected chi connectivity index (χ4v) is 2.26. The minimum Gasteiger partial charge on any atom is -0.370 e. The van der Waals surface area contributed by atoms with E-state index in [0.717, 1.165) is 21.7 Å². The summed E-state index contributed by atoms with van der Waals surface area (Å²) in [5, 5.41) is 3.01. The van der Waals surface area contributed by atoms with Crippen molar-refractivity contribution in [3.8, 4) is 0 Å². The van der Waals surface area contributed by atoms with Gasteiger partial charge in [0, 0.05) is 17.0 Å². The third kappa shape index (κ3) is 2.46. The Morgan fingerprint density at radius 3 is 2.57 bits per heavy atom. The van der Waals surface area contributed by atoms with Crippen LogP contribution in [-0.2, 0) is 0 Å². The highest BCUT2D eigenvalue weighted by molar-refractivity contribution is 6.11. The molecule has 1 aromatic heterocycles. The quantitative estimate of drug-likeness (QED) is 0.356. The van der Waals surface area contributed by atoms with Gasteiger partial charge in [-0.05, 0) is 17.5 Å². The Morgan fingerprint density at radius 2 is 1.76 bits per heavy atom. The zero-order valence-corrected chi connectivity index (χ0v) is 11.2. The molecule has 3 aromatic rings. The van der Waals surface area contributed by atoms with Gasteiger partial charge in [0.25, 0.3) is 0 Å². The van der Waals surface area contributed by atoms with Crippen molar-refractivity contribution in [1.82, 2.24) is 4.98 Å². The molecular weight excluding hydrogens is 264 g/mol. The molecule has 0 bridgehead atoms. The van der Waals surface area contributed by atoms with E-state index in [0.29, 0.717) is 5.69 Å². The molecule has 0 radical (unpaired) electrons. The molecule has 1 heterocycles. The fourth-order valence-electron chi connectivity index (χ4n) is 2.26. The molecule has 6 N–H and O–H groups in total. The van der Waals surface area contributed by atoms with Crippen molar-refractivity contribution in [3.05, 3.63) is 48.7 Å². The predicted octanol–water partition coefficient (Wildman–Crippen LogP) is 1.61. The van der Waals surface area contributed by atoms with Gasteiger partial charge in [-0.25, -0.2) is 4.99 Å². The second kappa shape index (κ2) is 5.09. The van der Waals surface area contributed by atoms with Crippen molar-refractivity contribution < 1.29 is 0 Å². The standard InChI is InChI=1S/C15H14N6/c16-14(17)21-15(18)20-12-7-3-6-11-13(12)10-5-2-1-4-9(10)8-19-11/h1-8H,(H6,16,17,18,20,21). The van der Waals surface area contributed by atoms with Crippen molar-refractivity contribution in [1.29, 1.82) is 0 Å². The van der Waals surface area contributed by atoms with E-state index in [1.54, 1.807) is 0 Å². The van der Waals surface area contributed by atoms with Gasteiger partial charge in [-0.1, -0.05) is 30.3 Å². The van der Waals surface area contributed by atoms with E-state index in [1.807, 2.05) is 48.7 Å². The van der Waals surface area contributed by atoms with Crippen molar-refractivity contribution in [2.24, 2.45) is 27.2 Å². The van der Waals surface area contributed by atoms with Gasteiger partial charge in [-0.15, -0.1) is 0 Å². The molecule has 21 heavy (non-hydrogen) atoms. The van der Waals surface area contributed by atoms with Crippen molar-refractivity contribution >= 4 is 39.3 Å². The lowest BCUT2D eigenvalue weighted by molar-refractivity contribution is 1.38. The first-order valence-corrected chi connectivity index (χ1v) is 6.35. The number of guanidine groups is 2. The SMILES string of the molecule is NC(N)=NC(N)=Nc1cccc2ncc3ccccc3c12. The maximum absolute atomic E-state index is 5.72. The molecule has 0 saturated heterocycles. The molecule has 0 fully saturated rings. The van der Waals surface area contributed by atoms with E-state index in [9.17, 15) is 0 Å². The lowest BCUT2D eigenvalue weighted by Crippen LogP contribution is -2.26. The summed E-state index contributed by atoms with van der Waals surface area (Å²) in [4.78, 5) is 12.5. The van der Waals surface area contributed by atoms with E-state index < -0.39 is 0 Å². The van der Waals surface area contributed by atoms with Crippen molar-refractivity contribution in [3.63, 3.8) is 0 Å². The van der Waals surface area contributed by atoms with Gasteiger partial charge in [0.05, 0.1) is 11.2 Å². The zero-order chi connectivity index (χ0) is 14.8. The van der Waals surface area contributed by atoms with Crippen LogP contribution in [0.1, 0.15) is 0 Å². The average Bonchev–Trinajstić information content (AvgIpc) is 2.46. The number of fused-ring (bicyclic) bond motifs is 3. The summed E-state index contributed by atoms with van der Waals surface area (Å²) in [6, 6.07) is 13.6. The summed E-state index contributed by atoms with van der Waals surface area (Å²) in [6.45, 7) is 0. The highest BCUT2D eigenvalue weighted by Crippen LogP contribution is 2.31. The maximum Gasteiger partial charge on any atom is 0.223 e. The van der Waals surface area contributed by atoms with Crippen LogP contribution < -0.4 is 17.2 Å². The molecule has 0 spiro atoms. The molecule has 0 amide bonds. The van der Waals surface area contributed by atoms with Crippen molar-refractivity contribution in [2.45, 2.75) is 0 Å². The largest absolute Gasteiger partial charge is 0.370 e. The van der Waals surface area contributed by atoms with Gasteiger partial charge >= 0.3 is 0 Å². The second-order valence-electron chi connectivity index (χ2n) is 4.52. The number of aromatic nitrogens is 1. The molecular formula is C15H14N6. The molecule has 3 rings (SSSR count). The van der Waals surface area contributed by atoms with Crippen LogP contribution in [0.2, 0.25) is 0 Å². The summed E-state index contributed by atoms with van der Waals surface area (Å²) < 4.78 is 0. The molecule has 0 unspecified atom stereocenters. The van der Waals surface area contributed by atoms with Gasteiger partial charge in [-0.3, -0.25) is 4.98 Å². The van der Waals surface area contributed by atoms with Crippen LogP contribution in [0.15, 0.2) is 58.6 Å². The number of benzene rings is 2. The number of hydrogen-bond acceptors (Lipinski definition) is 2. The maximum atomic E-state index is 5.72. The monoisotopic (exact) mass is 278 g/mol. The minimum absolute atomic E-state index is 0.00966. The average molecular weight is 278 g/mol. The van der Waals surface area contributed by atoms with Crippen molar-refractivity contribution in [2.75, 3.05) is 0 Å². The smallest absolute Gasteiger partial charge is 0.223 e. The highest BCUT2D eigenvalue weighted by atomic mass is 15.1. The lowest BCUT2D eigenvalue weighted by atomic mass is 10.1. The summed E-state index contributed by atoms with van der Waals surface area (Å²) >= 11 is 0. The van der Waals surface area contributed by atoms with Crippen LogP contribution in [0.25, 0.3) is 21.7 Å². The third-order valence-corrected chi connectivity index (χ3v) is 3.07. The Bertz CT molecular complexity index is 878. The minimum atomic E-state index is -0.125. The molecule has 0 aliphatic heterocycles. The van der Waals surface area contributed by atoms with Gasteiger partial charge in [-0.2, -0.15) is 4.99 Å². The Hall–Kier alpha value is -3.15. The molecule has 0 atom stereocenters. The summed E-state index contributed by atoms with van der Waals surface area (Å²) in [5.74, 6) is -0.116. The Labute approximate surface area is 121 Å². The first-order chi connectivity index (χ1) is 10.1. The van der Waals surface area contributed by atoms with Gasteiger partial charge in [0.2, 0.25) is 5.96 Å². The van der Waals surface area contributed by atoms with Crippen LogP contribution in [0, 0.1) is 0 Å². The predicted molar refractivity (Wildman–Crippen MR) is 86.3 cm³/mol. The van der Waals surface area contributed by atoms with E-state index in [1.165, 1.54) is 0 Å². The molecule has 2 aromatic carbocycles. The number of nitrogens with zero attached hydrogens (tertiary/aromatic N) is 3. The number of nitrogens with two attached hydrogens (primary N) is 3. The first kappa shape index (κ1) is 12.9. The van der Waals surface area contributed by atoms with E-state index in [2.05, 4.69) is 15.0 Å². The van der Waals surface area contributed by atoms with Crippen LogP contribution in [0.5, 0.6) is 0 Å². The van der Waals surface area contributed by atoms with E-state index in [4.69, 9.17) is 17.2 Å². The third-order valence-electron chi connectivity index (χ3n) is 3.07. The van der Waals surface area contributed by atoms with Crippen LogP contribution in [0.3, 0.4) is 0 Å². The summed E-state index contributed by atoms with van der Waals surface area (Å²) in [6.07, 6.45) is 1.84. The topological polar surface area (TPSA) is 116 Å². The highest BCUT2D eigenvalue weighted by Gasteiger charge is 2.06. The molecule has 0 aliphatic carbocycles. The van der Waals surface area contributed by atoms with Gasteiger partial charge in [0.15, 0.2) is 5.96 Å². The fraction of sp³-hybridized carbons (Fsp3) is 0. The van der Waals surface area contributed by atoms with E-state index in [-0.39, 0.29) is 11.9 Å². The van der Waals surface area contributed by atoms with Gasteiger partial charge in [0.1, 0.15) is 0 Å². The number of rotatable bonds is 1. The molecule has 0 saturated carbocycles. The number of aliphatic imine (C=N–C) groups is 2. The Balaban J connectivity index is 2.33. The van der Waals surface area contributed by atoms with E-state index >= 15 is 0 Å². The van der Waals surface area contributed by atoms with Gasteiger partial charge < -0.3 is 17.2 Å². The molecule has 104 valence electrons. The summed E-state index contributed by atoms with van der Waals surface area (Å²) in [5.41, 5.74) is 17.9. The molecule has 6 nitrogen and oxygen atoms in total. The molecule has 0 aliphatic rings. The summed E-state index contributed by atoms with van der Waals surface area (Å²) in [7, 11) is 0. The lowest BCUT2D eigenvalue weighted by Gasteiger charge is -2.06. The Kier molecular flexibility index (Phi) is 3.12. The zero-order valence-electron chi connectivity index (χ0n) is 11.2. The normalized spacial score (nSPS) is 11.7. The second-order valence-corrected chi connectivity index (χ2v) is 4.52. The molecule has 6 heteroatoms. The number of pyridine rings is 1. The Morgan fingerprint density at radius 1 is 0.952 bits per heavy atom. The van der Waals surface area contributed by atoms with Crippen LogP contribution in [-0.4, -0.2) is 16.9 Å². The first-order valence-electron chi connectivity index (χ1n) is 6.35. The van der Waals surface area contributed by atoms with Crippen LogP contribution >= 0.6 is 0 Å².